The summed E-state index contributed by atoms with van der Waals surface area (Å²) in [5.74, 6) is 1.55. The Labute approximate surface area is 157 Å². The molecule has 0 aliphatic heterocycles. The van der Waals surface area contributed by atoms with Crippen molar-refractivity contribution in [1.29, 1.82) is 0 Å². The lowest BCUT2D eigenvalue weighted by atomic mass is 10.2. The molecule has 1 aromatic carbocycles. The number of para-hydroxylation sites is 1. The van der Waals surface area contributed by atoms with Crippen molar-refractivity contribution in [3.8, 4) is 23.0 Å². The summed E-state index contributed by atoms with van der Waals surface area (Å²) < 4.78 is 21.4. The smallest absolute Gasteiger partial charge is 0.273 e. The Kier molecular flexibility index (Phi) is 3.79. The number of rotatable bonds is 5. The van der Waals surface area contributed by atoms with E-state index in [4.69, 9.17) is 17.9 Å². The van der Waals surface area contributed by atoms with Gasteiger partial charge in [0.1, 0.15) is 11.3 Å². The van der Waals surface area contributed by atoms with Gasteiger partial charge in [0.05, 0.1) is 12.8 Å². The van der Waals surface area contributed by atoms with Gasteiger partial charge in [-0.05, 0) is 24.3 Å². The van der Waals surface area contributed by atoms with Gasteiger partial charge in [-0.3, -0.25) is 4.79 Å². The highest BCUT2D eigenvalue weighted by atomic mass is 16.5. The highest BCUT2D eigenvalue weighted by Gasteiger charge is 2.16. The number of hydrogen-bond donors (Lipinski definition) is 1. The molecule has 0 radical (unpaired) electrons. The number of benzene rings is 1. The van der Waals surface area contributed by atoms with Crippen LogP contribution in [0.1, 0.15) is 16.2 Å². The number of carbonyl (C=O) groups is 1. The molecule has 4 aromatic heterocycles. The van der Waals surface area contributed by atoms with Crippen molar-refractivity contribution in [3.05, 3.63) is 72.2 Å². The molecule has 8 heteroatoms. The standard InChI is InChI=1S/C20H13N3O5/c24-20(14-10-19(28-23-14)16-6-3-7-25-16)21-11-13-9-18(27-22-13)17-8-12-4-1-2-5-15(12)26-17/h1-10H,11H2,(H,21,24). The number of carbonyl (C=O) groups excluding carboxylic acids is 1. The summed E-state index contributed by atoms with van der Waals surface area (Å²) in [7, 11) is 0. The van der Waals surface area contributed by atoms with Gasteiger partial charge >= 0.3 is 0 Å². The second kappa shape index (κ2) is 6.58. The predicted molar refractivity (Wildman–Crippen MR) is 97.1 cm³/mol. The van der Waals surface area contributed by atoms with Crippen LogP contribution in [0.25, 0.3) is 34.0 Å². The Morgan fingerprint density at radius 3 is 2.61 bits per heavy atom. The van der Waals surface area contributed by atoms with Gasteiger partial charge in [-0.15, -0.1) is 0 Å². The van der Waals surface area contributed by atoms with Crippen LogP contribution in [0.4, 0.5) is 0 Å². The Balaban J connectivity index is 1.26. The van der Waals surface area contributed by atoms with Gasteiger partial charge in [0.25, 0.3) is 5.91 Å². The topological polar surface area (TPSA) is 107 Å². The molecule has 0 unspecified atom stereocenters. The first-order valence-corrected chi connectivity index (χ1v) is 8.49. The molecule has 5 aromatic rings. The van der Waals surface area contributed by atoms with Crippen molar-refractivity contribution in [2.24, 2.45) is 0 Å². The molecule has 0 saturated carbocycles. The third-order valence-electron chi connectivity index (χ3n) is 4.16. The zero-order valence-electron chi connectivity index (χ0n) is 14.4. The van der Waals surface area contributed by atoms with Gasteiger partial charge in [0.2, 0.25) is 11.5 Å². The van der Waals surface area contributed by atoms with Gasteiger partial charge in [-0.2, -0.15) is 0 Å². The molecular weight excluding hydrogens is 362 g/mol. The lowest BCUT2D eigenvalue weighted by molar-refractivity contribution is 0.0941. The normalized spacial score (nSPS) is 11.1. The average Bonchev–Trinajstić information content (AvgIpc) is 3.51. The summed E-state index contributed by atoms with van der Waals surface area (Å²) in [6.07, 6.45) is 1.52. The Morgan fingerprint density at radius 1 is 0.893 bits per heavy atom. The molecular formula is C20H13N3O5. The maximum atomic E-state index is 12.3. The SMILES string of the molecule is O=C(NCc1cc(-c2cc3ccccc3o2)on1)c1cc(-c2ccco2)on1. The second-order valence-corrected chi connectivity index (χ2v) is 6.07. The van der Waals surface area contributed by atoms with Crippen LogP contribution in [-0.2, 0) is 6.54 Å². The minimum Gasteiger partial charge on any atom is -0.461 e. The van der Waals surface area contributed by atoms with Crippen molar-refractivity contribution in [1.82, 2.24) is 15.6 Å². The molecule has 0 aliphatic carbocycles. The number of fused-ring (bicyclic) bond motifs is 1. The van der Waals surface area contributed by atoms with E-state index < -0.39 is 5.91 Å². The molecule has 1 N–H and O–H groups in total. The van der Waals surface area contributed by atoms with Crippen LogP contribution >= 0.6 is 0 Å². The zero-order valence-corrected chi connectivity index (χ0v) is 14.4. The molecule has 0 aliphatic rings. The lowest BCUT2D eigenvalue weighted by Gasteiger charge is -1.97. The van der Waals surface area contributed by atoms with E-state index in [0.717, 1.165) is 11.0 Å². The van der Waals surface area contributed by atoms with Crippen molar-refractivity contribution in [2.45, 2.75) is 6.54 Å². The number of aromatic nitrogens is 2. The fourth-order valence-corrected chi connectivity index (χ4v) is 2.79. The van der Waals surface area contributed by atoms with E-state index in [9.17, 15) is 4.79 Å². The monoisotopic (exact) mass is 375 g/mol. The van der Waals surface area contributed by atoms with Crippen LogP contribution in [0, 0.1) is 0 Å². The highest BCUT2D eigenvalue weighted by Crippen LogP contribution is 2.28. The zero-order chi connectivity index (χ0) is 18.9. The van der Waals surface area contributed by atoms with Crippen LogP contribution in [-0.4, -0.2) is 16.2 Å². The van der Waals surface area contributed by atoms with Crippen LogP contribution in [0.15, 0.2) is 78.7 Å². The largest absolute Gasteiger partial charge is 0.461 e. The second-order valence-electron chi connectivity index (χ2n) is 6.07. The van der Waals surface area contributed by atoms with E-state index in [0.29, 0.717) is 28.7 Å². The van der Waals surface area contributed by atoms with E-state index in [-0.39, 0.29) is 12.2 Å². The highest BCUT2D eigenvalue weighted by molar-refractivity contribution is 5.92. The summed E-state index contributed by atoms with van der Waals surface area (Å²) in [5, 5.41) is 11.4. The van der Waals surface area contributed by atoms with Gasteiger partial charge in [0.15, 0.2) is 17.2 Å². The molecule has 1 amide bonds. The van der Waals surface area contributed by atoms with E-state index in [2.05, 4.69) is 15.6 Å². The minimum absolute atomic E-state index is 0.146. The predicted octanol–water partition coefficient (Wildman–Crippen LogP) is 4.27. The Hall–Kier alpha value is -4.07. The maximum Gasteiger partial charge on any atom is 0.273 e. The number of nitrogens with zero attached hydrogens (tertiary/aromatic N) is 2. The Morgan fingerprint density at radius 2 is 1.75 bits per heavy atom. The molecule has 0 bridgehead atoms. The number of furan rings is 2. The van der Waals surface area contributed by atoms with E-state index in [1.54, 1.807) is 18.2 Å². The maximum absolute atomic E-state index is 12.3. The third-order valence-corrected chi connectivity index (χ3v) is 4.16. The van der Waals surface area contributed by atoms with Gasteiger partial charge in [-0.25, -0.2) is 0 Å². The summed E-state index contributed by atoms with van der Waals surface area (Å²) in [6.45, 7) is 0.172. The molecule has 28 heavy (non-hydrogen) atoms. The first-order chi connectivity index (χ1) is 13.8. The van der Waals surface area contributed by atoms with E-state index in [1.807, 2.05) is 30.3 Å². The average molecular weight is 375 g/mol. The van der Waals surface area contributed by atoms with Gasteiger partial charge in [-0.1, -0.05) is 28.5 Å². The molecule has 0 atom stereocenters. The van der Waals surface area contributed by atoms with Gasteiger partial charge < -0.3 is 23.2 Å². The fourth-order valence-electron chi connectivity index (χ4n) is 2.79. The molecule has 5 rings (SSSR count). The fraction of sp³-hybridized carbons (Fsp3) is 0.0500. The van der Waals surface area contributed by atoms with Crippen molar-refractivity contribution in [2.75, 3.05) is 0 Å². The third kappa shape index (κ3) is 2.96. The summed E-state index contributed by atoms with van der Waals surface area (Å²) in [6, 6.07) is 16.2. The molecule has 0 fully saturated rings. The first-order valence-electron chi connectivity index (χ1n) is 8.49. The summed E-state index contributed by atoms with van der Waals surface area (Å²) >= 11 is 0. The number of amides is 1. The molecule has 0 saturated heterocycles. The van der Waals surface area contributed by atoms with E-state index >= 15 is 0 Å². The lowest BCUT2D eigenvalue weighted by Crippen LogP contribution is -2.23. The number of nitrogens with one attached hydrogen (secondary N) is 1. The quantitative estimate of drug-likeness (QED) is 0.489. The minimum atomic E-state index is -0.394. The first kappa shape index (κ1) is 16.1. The molecule has 4 heterocycles. The van der Waals surface area contributed by atoms with Crippen LogP contribution in [0.2, 0.25) is 0 Å². The van der Waals surface area contributed by atoms with E-state index in [1.165, 1.54) is 12.3 Å². The van der Waals surface area contributed by atoms with Crippen LogP contribution < -0.4 is 5.32 Å². The molecule has 138 valence electrons. The molecule has 8 nitrogen and oxygen atoms in total. The van der Waals surface area contributed by atoms with Crippen LogP contribution in [0.5, 0.6) is 0 Å². The summed E-state index contributed by atoms with van der Waals surface area (Å²) in [4.78, 5) is 12.3. The van der Waals surface area contributed by atoms with Crippen molar-refractivity contribution in [3.63, 3.8) is 0 Å². The van der Waals surface area contributed by atoms with Gasteiger partial charge in [0, 0.05) is 17.5 Å². The Bertz CT molecular complexity index is 1210. The summed E-state index contributed by atoms with van der Waals surface area (Å²) in [5.41, 5.74) is 1.47. The molecule has 0 spiro atoms. The van der Waals surface area contributed by atoms with Crippen LogP contribution in [0.3, 0.4) is 0 Å². The number of hydrogen-bond acceptors (Lipinski definition) is 7. The van der Waals surface area contributed by atoms with Crippen molar-refractivity contribution >= 4 is 16.9 Å². The van der Waals surface area contributed by atoms with Crippen molar-refractivity contribution < 1.29 is 22.7 Å².